The fourth-order valence-electron chi connectivity index (χ4n) is 0.818. The summed E-state index contributed by atoms with van der Waals surface area (Å²) in [5, 5.41) is 0. The summed E-state index contributed by atoms with van der Waals surface area (Å²) < 4.78 is 34.9. The van der Waals surface area contributed by atoms with E-state index in [-0.39, 0.29) is 14.9 Å². The van der Waals surface area contributed by atoms with Crippen LogP contribution in [0.25, 0.3) is 0 Å². The van der Waals surface area contributed by atoms with Crippen LogP contribution >= 0.6 is 26.6 Å². The van der Waals surface area contributed by atoms with Crippen molar-refractivity contribution in [1.29, 1.82) is 0 Å². The Kier molecular flexibility index (Phi) is 2.99. The SMILES string of the molecule is Cc1cc(S(=O)(=O)Cl)c(Br)cc1F. The van der Waals surface area contributed by atoms with E-state index in [4.69, 9.17) is 10.7 Å². The molecule has 0 bridgehead atoms. The molecule has 0 amide bonds. The van der Waals surface area contributed by atoms with E-state index in [0.717, 1.165) is 6.07 Å². The van der Waals surface area contributed by atoms with Crippen molar-refractivity contribution in [2.24, 2.45) is 0 Å². The molecule has 0 unspecified atom stereocenters. The van der Waals surface area contributed by atoms with Gasteiger partial charge in [0.2, 0.25) is 0 Å². The Morgan fingerprint density at radius 2 is 2.00 bits per heavy atom. The van der Waals surface area contributed by atoms with E-state index < -0.39 is 14.9 Å². The molecular formula is C7H5BrClFO2S. The van der Waals surface area contributed by atoms with Crippen LogP contribution in [0.2, 0.25) is 0 Å². The Balaban J connectivity index is 3.50. The highest BCUT2D eigenvalue weighted by atomic mass is 79.9. The topological polar surface area (TPSA) is 34.1 Å². The van der Waals surface area contributed by atoms with E-state index in [2.05, 4.69) is 15.9 Å². The number of halogens is 3. The summed E-state index contributed by atoms with van der Waals surface area (Å²) in [6.07, 6.45) is 0. The van der Waals surface area contributed by atoms with Crippen LogP contribution in [0, 0.1) is 12.7 Å². The van der Waals surface area contributed by atoms with Gasteiger partial charge in [0.25, 0.3) is 9.05 Å². The van der Waals surface area contributed by atoms with Crippen molar-refractivity contribution in [2.75, 3.05) is 0 Å². The Hall–Kier alpha value is -0.130. The van der Waals surface area contributed by atoms with Gasteiger partial charge < -0.3 is 0 Å². The van der Waals surface area contributed by atoms with Crippen molar-refractivity contribution in [3.63, 3.8) is 0 Å². The maximum absolute atomic E-state index is 12.9. The Labute approximate surface area is 88.3 Å². The second kappa shape index (κ2) is 3.55. The minimum absolute atomic E-state index is 0.118. The zero-order valence-corrected chi connectivity index (χ0v) is 9.67. The number of benzene rings is 1. The monoisotopic (exact) mass is 286 g/mol. The van der Waals surface area contributed by atoms with Crippen molar-refractivity contribution in [3.8, 4) is 0 Å². The predicted octanol–water partition coefficient (Wildman–Crippen LogP) is 2.82. The molecule has 0 aliphatic carbocycles. The molecule has 0 heterocycles. The summed E-state index contributed by atoms with van der Waals surface area (Å²) in [4.78, 5) is -0.118. The average molecular weight is 288 g/mol. The van der Waals surface area contributed by atoms with E-state index in [1.807, 2.05) is 0 Å². The molecule has 0 aliphatic heterocycles. The third-order valence-electron chi connectivity index (χ3n) is 1.48. The second-order valence-electron chi connectivity index (χ2n) is 2.47. The molecule has 1 aromatic rings. The zero-order chi connectivity index (χ0) is 10.2. The molecule has 0 aromatic heterocycles. The molecule has 1 aromatic carbocycles. The van der Waals surface area contributed by atoms with Crippen molar-refractivity contribution in [3.05, 3.63) is 28.0 Å². The van der Waals surface area contributed by atoms with E-state index >= 15 is 0 Å². The molecular weight excluding hydrogens is 282 g/mol. The zero-order valence-electron chi connectivity index (χ0n) is 6.51. The molecule has 0 saturated carbocycles. The number of rotatable bonds is 1. The lowest BCUT2D eigenvalue weighted by Crippen LogP contribution is -1.95. The molecule has 0 aliphatic rings. The van der Waals surface area contributed by atoms with Gasteiger partial charge in [-0.15, -0.1) is 0 Å². The summed E-state index contributed by atoms with van der Waals surface area (Å²) >= 11 is 2.91. The quantitative estimate of drug-likeness (QED) is 0.744. The molecule has 13 heavy (non-hydrogen) atoms. The molecule has 0 spiro atoms. The Morgan fingerprint density at radius 1 is 1.46 bits per heavy atom. The van der Waals surface area contributed by atoms with Gasteiger partial charge in [-0.3, -0.25) is 0 Å². The lowest BCUT2D eigenvalue weighted by Gasteiger charge is -2.02. The Bertz CT molecular complexity index is 444. The van der Waals surface area contributed by atoms with Gasteiger partial charge in [0.15, 0.2) is 0 Å². The van der Waals surface area contributed by atoms with Gasteiger partial charge in [-0.25, -0.2) is 12.8 Å². The minimum atomic E-state index is -3.81. The maximum Gasteiger partial charge on any atom is 0.262 e. The molecule has 0 atom stereocenters. The first-order valence-corrected chi connectivity index (χ1v) is 6.33. The van der Waals surface area contributed by atoms with Crippen molar-refractivity contribution < 1.29 is 12.8 Å². The fraction of sp³-hybridized carbons (Fsp3) is 0.143. The van der Waals surface area contributed by atoms with Gasteiger partial charge in [0, 0.05) is 15.2 Å². The first kappa shape index (κ1) is 10.9. The molecule has 6 heteroatoms. The van der Waals surface area contributed by atoms with Gasteiger partial charge in [-0.2, -0.15) is 0 Å². The molecule has 0 radical (unpaired) electrons. The molecule has 2 nitrogen and oxygen atoms in total. The van der Waals surface area contributed by atoms with Gasteiger partial charge in [-0.1, -0.05) is 0 Å². The van der Waals surface area contributed by atoms with Crippen LogP contribution in [0.5, 0.6) is 0 Å². The van der Waals surface area contributed by atoms with E-state index in [9.17, 15) is 12.8 Å². The van der Waals surface area contributed by atoms with E-state index in [1.165, 1.54) is 13.0 Å². The van der Waals surface area contributed by atoms with Crippen LogP contribution < -0.4 is 0 Å². The average Bonchev–Trinajstić information content (AvgIpc) is 1.94. The fourth-order valence-corrected chi connectivity index (χ4v) is 3.04. The van der Waals surface area contributed by atoms with E-state index in [0.29, 0.717) is 0 Å². The summed E-state index contributed by atoms with van der Waals surface area (Å²) in [7, 11) is 1.29. The standard InChI is InChI=1S/C7H5BrClFO2S/c1-4-2-7(13(9,11)12)5(8)3-6(4)10/h2-3H,1H3. The van der Waals surface area contributed by atoms with Crippen molar-refractivity contribution in [1.82, 2.24) is 0 Å². The van der Waals surface area contributed by atoms with Gasteiger partial charge in [-0.05, 0) is 40.5 Å². The number of aryl methyl sites for hydroxylation is 1. The first-order chi connectivity index (χ1) is 5.82. The van der Waals surface area contributed by atoms with Gasteiger partial charge in [0.1, 0.15) is 5.82 Å². The number of hydrogen-bond donors (Lipinski definition) is 0. The normalized spacial score (nSPS) is 11.7. The highest BCUT2D eigenvalue weighted by Gasteiger charge is 2.16. The van der Waals surface area contributed by atoms with Crippen molar-refractivity contribution in [2.45, 2.75) is 11.8 Å². The van der Waals surface area contributed by atoms with Crippen LogP contribution in [0.1, 0.15) is 5.56 Å². The summed E-state index contributed by atoms with van der Waals surface area (Å²) in [5.74, 6) is -0.476. The van der Waals surface area contributed by atoms with Gasteiger partial charge >= 0.3 is 0 Å². The first-order valence-electron chi connectivity index (χ1n) is 3.22. The summed E-state index contributed by atoms with van der Waals surface area (Å²) in [6.45, 7) is 1.47. The summed E-state index contributed by atoms with van der Waals surface area (Å²) in [5.41, 5.74) is 0.238. The minimum Gasteiger partial charge on any atom is -0.207 e. The largest absolute Gasteiger partial charge is 0.262 e. The van der Waals surface area contributed by atoms with Crippen LogP contribution in [0.4, 0.5) is 4.39 Å². The summed E-state index contributed by atoms with van der Waals surface area (Å²) in [6, 6.07) is 2.26. The van der Waals surface area contributed by atoms with Crippen LogP contribution in [0.3, 0.4) is 0 Å². The van der Waals surface area contributed by atoms with Crippen LogP contribution in [-0.2, 0) is 9.05 Å². The Morgan fingerprint density at radius 3 is 2.46 bits per heavy atom. The number of hydrogen-bond acceptors (Lipinski definition) is 2. The highest BCUT2D eigenvalue weighted by molar-refractivity contribution is 9.10. The predicted molar refractivity (Wildman–Crippen MR) is 51.9 cm³/mol. The molecule has 1 rings (SSSR count). The third-order valence-corrected chi connectivity index (χ3v) is 3.76. The third kappa shape index (κ3) is 2.42. The molecule has 0 N–H and O–H groups in total. The molecule has 0 fully saturated rings. The lowest BCUT2D eigenvalue weighted by atomic mass is 10.2. The van der Waals surface area contributed by atoms with E-state index in [1.54, 1.807) is 0 Å². The maximum atomic E-state index is 12.9. The highest BCUT2D eigenvalue weighted by Crippen LogP contribution is 2.27. The second-order valence-corrected chi connectivity index (χ2v) is 5.86. The van der Waals surface area contributed by atoms with Crippen molar-refractivity contribution >= 4 is 35.7 Å². The molecule has 72 valence electrons. The smallest absolute Gasteiger partial charge is 0.207 e. The van der Waals surface area contributed by atoms with Crippen LogP contribution in [-0.4, -0.2) is 8.42 Å². The molecule has 0 saturated heterocycles. The lowest BCUT2D eigenvalue weighted by molar-refractivity contribution is 0.604. The van der Waals surface area contributed by atoms with Crippen LogP contribution in [0.15, 0.2) is 21.5 Å². The van der Waals surface area contributed by atoms with Gasteiger partial charge in [0.05, 0.1) is 4.90 Å².